The molecule has 1 aromatic heterocycles. The Morgan fingerprint density at radius 3 is 2.04 bits per heavy atom. The molecule has 1 heterocycles. The molecule has 0 radical (unpaired) electrons. The third kappa shape index (κ3) is 3.34. The first kappa shape index (κ1) is 17.8. The minimum Gasteiger partial charge on any atom is -0.408 e. The Morgan fingerprint density at radius 1 is 0.893 bits per heavy atom. The van der Waals surface area contributed by atoms with Gasteiger partial charge in [0.05, 0.1) is 11.6 Å². The Morgan fingerprint density at radius 2 is 1.43 bits per heavy atom. The van der Waals surface area contributed by atoms with Crippen LogP contribution in [0.2, 0.25) is 0 Å². The van der Waals surface area contributed by atoms with Crippen molar-refractivity contribution in [3.63, 3.8) is 0 Å². The number of nitrogens with zero attached hydrogens (tertiary/aromatic N) is 2. The van der Waals surface area contributed by atoms with Gasteiger partial charge in [0.25, 0.3) is 0 Å². The summed E-state index contributed by atoms with van der Waals surface area (Å²) in [6, 6.07) is 26.6. The monoisotopic (exact) mass is 372 g/mol. The van der Waals surface area contributed by atoms with Gasteiger partial charge < -0.3 is 9.32 Å². The van der Waals surface area contributed by atoms with Gasteiger partial charge in [-0.05, 0) is 23.3 Å². The van der Waals surface area contributed by atoms with Crippen LogP contribution in [0.5, 0.6) is 0 Å². The molecule has 0 saturated heterocycles. The van der Waals surface area contributed by atoms with Crippen molar-refractivity contribution >= 4 is 17.0 Å². The fraction of sp³-hybridized carbons (Fsp3) is 0.130. The van der Waals surface area contributed by atoms with Crippen molar-refractivity contribution < 1.29 is 9.21 Å². The highest BCUT2D eigenvalue weighted by molar-refractivity contribution is 5.80. The fourth-order valence-corrected chi connectivity index (χ4v) is 3.46. The fourth-order valence-electron chi connectivity index (χ4n) is 3.46. The second-order valence-corrected chi connectivity index (χ2v) is 6.65. The summed E-state index contributed by atoms with van der Waals surface area (Å²) in [5.74, 6) is -0.703. The van der Waals surface area contributed by atoms with Gasteiger partial charge in [0.15, 0.2) is 5.58 Å². The Kier molecular flexibility index (Phi) is 4.81. The number of carbonyl (C=O) groups excluding carboxylic acids is 1. The van der Waals surface area contributed by atoms with Gasteiger partial charge >= 0.3 is 5.76 Å². The molecule has 28 heavy (non-hydrogen) atoms. The SMILES string of the molecule is CN(C(=O)Cn1c(=O)oc2ccccc21)C(c1ccccc1)c1ccccc1. The largest absolute Gasteiger partial charge is 0.420 e. The summed E-state index contributed by atoms with van der Waals surface area (Å²) >= 11 is 0. The molecule has 0 fully saturated rings. The molecule has 5 nitrogen and oxygen atoms in total. The summed E-state index contributed by atoms with van der Waals surface area (Å²) in [7, 11) is 1.76. The van der Waals surface area contributed by atoms with Crippen molar-refractivity contribution in [1.29, 1.82) is 0 Å². The zero-order valence-corrected chi connectivity index (χ0v) is 15.5. The predicted octanol–water partition coefficient (Wildman–Crippen LogP) is 3.84. The average molecular weight is 372 g/mol. The molecule has 4 aromatic rings. The van der Waals surface area contributed by atoms with E-state index in [1.165, 1.54) is 4.57 Å². The maximum absolute atomic E-state index is 13.1. The van der Waals surface area contributed by atoms with Crippen LogP contribution >= 0.6 is 0 Å². The van der Waals surface area contributed by atoms with Gasteiger partial charge in [-0.3, -0.25) is 9.36 Å². The van der Waals surface area contributed by atoms with Gasteiger partial charge in [0, 0.05) is 7.05 Å². The standard InChI is InChI=1S/C23H20N2O3/c1-24(21(26)16-25-19-14-8-9-15-20(19)28-23(25)27)22(17-10-4-2-5-11-17)18-12-6-3-7-13-18/h2-15,22H,16H2,1H3. The lowest BCUT2D eigenvalue weighted by atomic mass is 9.97. The molecule has 140 valence electrons. The third-order valence-electron chi connectivity index (χ3n) is 4.88. The van der Waals surface area contributed by atoms with E-state index in [1.54, 1.807) is 30.1 Å². The van der Waals surface area contributed by atoms with E-state index in [2.05, 4.69) is 0 Å². The molecular formula is C23H20N2O3. The lowest BCUT2D eigenvalue weighted by Crippen LogP contribution is -2.36. The van der Waals surface area contributed by atoms with Crippen LogP contribution in [-0.4, -0.2) is 22.4 Å². The first-order valence-electron chi connectivity index (χ1n) is 9.09. The molecule has 0 N–H and O–H groups in total. The Bertz CT molecular complexity index is 1110. The lowest BCUT2D eigenvalue weighted by molar-refractivity contribution is -0.132. The summed E-state index contributed by atoms with van der Waals surface area (Å²) in [5, 5.41) is 0. The van der Waals surface area contributed by atoms with Crippen molar-refractivity contribution in [2.45, 2.75) is 12.6 Å². The summed E-state index contributed by atoms with van der Waals surface area (Å²) in [6.45, 7) is -0.0808. The smallest absolute Gasteiger partial charge is 0.408 e. The molecule has 0 bridgehead atoms. The molecular weight excluding hydrogens is 352 g/mol. The zero-order valence-electron chi connectivity index (χ0n) is 15.5. The molecule has 0 aliphatic heterocycles. The van der Waals surface area contributed by atoms with E-state index in [0.717, 1.165) is 11.1 Å². The molecule has 1 amide bonds. The number of likely N-dealkylation sites (N-methyl/N-ethyl adjacent to an activating group) is 1. The molecule has 0 atom stereocenters. The number of benzene rings is 3. The minimum atomic E-state index is -0.529. The number of rotatable bonds is 5. The number of para-hydroxylation sites is 2. The topological polar surface area (TPSA) is 55.5 Å². The Labute approximate surface area is 162 Å². The summed E-state index contributed by atoms with van der Waals surface area (Å²) in [6.07, 6.45) is 0. The molecule has 0 aliphatic rings. The first-order valence-corrected chi connectivity index (χ1v) is 9.09. The van der Waals surface area contributed by atoms with Gasteiger partial charge in [-0.2, -0.15) is 0 Å². The highest BCUT2D eigenvalue weighted by Gasteiger charge is 2.24. The summed E-state index contributed by atoms with van der Waals surface area (Å²) < 4.78 is 6.62. The van der Waals surface area contributed by atoms with Crippen LogP contribution < -0.4 is 5.76 Å². The molecule has 5 heteroatoms. The molecule has 3 aromatic carbocycles. The number of hydrogen-bond donors (Lipinski definition) is 0. The van der Waals surface area contributed by atoms with Gasteiger partial charge in [-0.1, -0.05) is 72.8 Å². The van der Waals surface area contributed by atoms with E-state index in [9.17, 15) is 9.59 Å². The summed E-state index contributed by atoms with van der Waals surface area (Å²) in [5.41, 5.74) is 3.11. The predicted molar refractivity (Wildman–Crippen MR) is 108 cm³/mol. The molecule has 0 unspecified atom stereocenters. The van der Waals surface area contributed by atoms with Crippen LogP contribution in [0.4, 0.5) is 0 Å². The highest BCUT2D eigenvalue weighted by atomic mass is 16.4. The van der Waals surface area contributed by atoms with Gasteiger partial charge in [0.2, 0.25) is 5.91 Å². The van der Waals surface area contributed by atoms with E-state index in [-0.39, 0.29) is 18.5 Å². The van der Waals surface area contributed by atoms with Gasteiger partial charge in [0.1, 0.15) is 6.54 Å². The van der Waals surface area contributed by atoms with Crippen LogP contribution in [0, 0.1) is 0 Å². The second kappa shape index (κ2) is 7.56. The van der Waals surface area contributed by atoms with Crippen molar-refractivity contribution in [3.05, 3.63) is 107 Å². The minimum absolute atomic E-state index is 0.0808. The maximum atomic E-state index is 13.1. The van der Waals surface area contributed by atoms with E-state index >= 15 is 0 Å². The van der Waals surface area contributed by atoms with E-state index < -0.39 is 5.76 Å². The third-order valence-corrected chi connectivity index (χ3v) is 4.88. The number of oxazole rings is 1. The van der Waals surface area contributed by atoms with Crippen molar-refractivity contribution in [2.75, 3.05) is 7.05 Å². The molecule has 0 saturated carbocycles. The highest BCUT2D eigenvalue weighted by Crippen LogP contribution is 2.27. The molecule has 0 aliphatic carbocycles. The first-order chi connectivity index (χ1) is 13.6. The van der Waals surface area contributed by atoms with Crippen molar-refractivity contribution in [3.8, 4) is 0 Å². The van der Waals surface area contributed by atoms with E-state index in [4.69, 9.17) is 4.42 Å². The van der Waals surface area contributed by atoms with E-state index in [0.29, 0.717) is 11.1 Å². The van der Waals surface area contributed by atoms with Crippen LogP contribution in [0.15, 0.2) is 94.1 Å². The van der Waals surface area contributed by atoms with E-state index in [1.807, 2.05) is 66.7 Å². The average Bonchev–Trinajstić information content (AvgIpc) is 3.05. The lowest BCUT2D eigenvalue weighted by Gasteiger charge is -2.29. The molecule has 4 rings (SSSR count). The van der Waals surface area contributed by atoms with Gasteiger partial charge in [-0.25, -0.2) is 4.79 Å². The molecule has 0 spiro atoms. The number of fused-ring (bicyclic) bond motifs is 1. The van der Waals surface area contributed by atoms with Crippen LogP contribution in [-0.2, 0) is 11.3 Å². The normalized spacial score (nSPS) is 11.1. The van der Waals surface area contributed by atoms with Crippen LogP contribution in [0.25, 0.3) is 11.1 Å². The van der Waals surface area contributed by atoms with Crippen LogP contribution in [0.3, 0.4) is 0 Å². The number of hydrogen-bond acceptors (Lipinski definition) is 3. The zero-order chi connectivity index (χ0) is 19.5. The Hall–Kier alpha value is -3.60. The number of carbonyl (C=O) groups is 1. The summed E-state index contributed by atoms with van der Waals surface area (Å²) in [4.78, 5) is 27.0. The number of aromatic nitrogens is 1. The number of amides is 1. The van der Waals surface area contributed by atoms with Crippen molar-refractivity contribution in [1.82, 2.24) is 9.47 Å². The Balaban J connectivity index is 1.69. The second-order valence-electron chi connectivity index (χ2n) is 6.65. The van der Waals surface area contributed by atoms with Gasteiger partial charge in [-0.15, -0.1) is 0 Å². The quantitative estimate of drug-likeness (QED) is 0.535. The maximum Gasteiger partial charge on any atom is 0.420 e. The van der Waals surface area contributed by atoms with Crippen molar-refractivity contribution in [2.24, 2.45) is 0 Å². The van der Waals surface area contributed by atoms with Crippen LogP contribution in [0.1, 0.15) is 17.2 Å².